The van der Waals surface area contributed by atoms with Crippen molar-refractivity contribution < 1.29 is 9.53 Å². The second-order valence-corrected chi connectivity index (χ2v) is 3.68. The van der Waals surface area contributed by atoms with Crippen LogP contribution < -0.4 is 11.1 Å². The number of ether oxygens (including phenoxy) is 1. The van der Waals surface area contributed by atoms with Gasteiger partial charge in [-0.05, 0) is 18.8 Å². The number of hydrogen-bond acceptors (Lipinski definition) is 3. The van der Waals surface area contributed by atoms with Crippen LogP contribution >= 0.6 is 0 Å². The van der Waals surface area contributed by atoms with Crippen LogP contribution in [0.3, 0.4) is 0 Å². The van der Waals surface area contributed by atoms with Gasteiger partial charge in [0.05, 0.1) is 6.61 Å². The molecule has 1 rings (SSSR count). The molecule has 1 amide bonds. The van der Waals surface area contributed by atoms with Crippen LogP contribution in [0.4, 0.5) is 0 Å². The van der Waals surface area contributed by atoms with Crippen molar-refractivity contribution in [3.05, 3.63) is 0 Å². The van der Waals surface area contributed by atoms with Crippen molar-refractivity contribution in [2.75, 3.05) is 19.8 Å². The Morgan fingerprint density at radius 2 is 2.31 bits per heavy atom. The Balaban J connectivity index is 1.98. The SMILES string of the molecule is CC1CC(NC(=O)COCCN)C1. The number of nitrogens with two attached hydrogens (primary N) is 1. The third kappa shape index (κ3) is 3.74. The average molecular weight is 186 g/mol. The van der Waals surface area contributed by atoms with E-state index >= 15 is 0 Å². The smallest absolute Gasteiger partial charge is 0.246 e. The van der Waals surface area contributed by atoms with Gasteiger partial charge in [0.2, 0.25) is 5.91 Å². The van der Waals surface area contributed by atoms with Gasteiger partial charge in [0.25, 0.3) is 0 Å². The van der Waals surface area contributed by atoms with Gasteiger partial charge < -0.3 is 15.8 Å². The summed E-state index contributed by atoms with van der Waals surface area (Å²) in [4.78, 5) is 11.2. The minimum Gasteiger partial charge on any atom is -0.370 e. The Labute approximate surface area is 78.8 Å². The van der Waals surface area contributed by atoms with Gasteiger partial charge in [-0.1, -0.05) is 6.92 Å². The molecule has 0 saturated heterocycles. The second-order valence-electron chi connectivity index (χ2n) is 3.68. The molecule has 0 unspecified atom stereocenters. The summed E-state index contributed by atoms with van der Waals surface area (Å²) >= 11 is 0. The van der Waals surface area contributed by atoms with Gasteiger partial charge in [-0.25, -0.2) is 0 Å². The summed E-state index contributed by atoms with van der Waals surface area (Å²) in [6.45, 7) is 3.25. The number of hydrogen-bond donors (Lipinski definition) is 2. The van der Waals surface area contributed by atoms with E-state index in [0.717, 1.165) is 18.8 Å². The molecule has 0 bridgehead atoms. The van der Waals surface area contributed by atoms with Crippen molar-refractivity contribution >= 4 is 5.91 Å². The van der Waals surface area contributed by atoms with Gasteiger partial charge in [-0.2, -0.15) is 0 Å². The van der Waals surface area contributed by atoms with E-state index in [-0.39, 0.29) is 12.5 Å². The van der Waals surface area contributed by atoms with Crippen molar-refractivity contribution in [2.24, 2.45) is 11.7 Å². The molecule has 3 N–H and O–H groups in total. The lowest BCUT2D eigenvalue weighted by molar-refractivity contribution is -0.127. The molecule has 0 heterocycles. The molecule has 0 aromatic rings. The van der Waals surface area contributed by atoms with Crippen LogP contribution in [0.25, 0.3) is 0 Å². The Hall–Kier alpha value is -0.610. The molecule has 76 valence electrons. The zero-order valence-electron chi connectivity index (χ0n) is 8.08. The minimum atomic E-state index is -0.0228. The van der Waals surface area contributed by atoms with Gasteiger partial charge in [-0.15, -0.1) is 0 Å². The van der Waals surface area contributed by atoms with Gasteiger partial charge in [-0.3, -0.25) is 4.79 Å². The molecule has 4 nitrogen and oxygen atoms in total. The zero-order valence-corrected chi connectivity index (χ0v) is 8.08. The maximum absolute atomic E-state index is 11.2. The summed E-state index contributed by atoms with van der Waals surface area (Å²) in [5.74, 6) is 0.737. The third-order valence-corrected chi connectivity index (χ3v) is 2.23. The van der Waals surface area contributed by atoms with E-state index in [2.05, 4.69) is 12.2 Å². The number of carbonyl (C=O) groups excluding carboxylic acids is 1. The lowest BCUT2D eigenvalue weighted by Crippen LogP contribution is -2.44. The van der Waals surface area contributed by atoms with E-state index in [9.17, 15) is 4.79 Å². The normalized spacial score (nSPS) is 26.6. The zero-order chi connectivity index (χ0) is 9.68. The molecule has 0 aliphatic heterocycles. The second kappa shape index (κ2) is 5.19. The molecular weight excluding hydrogens is 168 g/mol. The molecule has 1 aliphatic carbocycles. The molecule has 0 spiro atoms. The first-order valence-electron chi connectivity index (χ1n) is 4.79. The average Bonchev–Trinajstić information content (AvgIpc) is 2.02. The van der Waals surface area contributed by atoms with Crippen LogP contribution in [-0.4, -0.2) is 31.7 Å². The predicted octanol–water partition coefficient (Wildman–Crippen LogP) is -0.124. The molecule has 1 saturated carbocycles. The van der Waals surface area contributed by atoms with E-state index in [1.807, 2.05) is 0 Å². The molecule has 1 fully saturated rings. The van der Waals surface area contributed by atoms with Gasteiger partial charge >= 0.3 is 0 Å². The first kappa shape index (κ1) is 10.5. The quantitative estimate of drug-likeness (QED) is 0.588. The van der Waals surface area contributed by atoms with Crippen LogP contribution in [0.1, 0.15) is 19.8 Å². The standard InChI is InChI=1S/C9H18N2O2/c1-7-4-8(5-7)11-9(12)6-13-3-2-10/h7-8H,2-6,10H2,1H3,(H,11,12). The topological polar surface area (TPSA) is 64.3 Å². The van der Waals surface area contributed by atoms with Crippen LogP contribution in [0.5, 0.6) is 0 Å². The molecule has 0 aromatic carbocycles. The summed E-state index contributed by atoms with van der Waals surface area (Å²) in [5.41, 5.74) is 5.21. The van der Waals surface area contributed by atoms with Crippen LogP contribution in [0, 0.1) is 5.92 Å². The molecule has 0 atom stereocenters. The minimum absolute atomic E-state index is 0.0228. The summed E-state index contributed by atoms with van der Waals surface area (Å²) in [6.07, 6.45) is 2.20. The lowest BCUT2D eigenvalue weighted by Gasteiger charge is -2.33. The van der Waals surface area contributed by atoms with Crippen LogP contribution in [0.15, 0.2) is 0 Å². The van der Waals surface area contributed by atoms with Crippen molar-refractivity contribution in [3.63, 3.8) is 0 Å². The third-order valence-electron chi connectivity index (χ3n) is 2.23. The fourth-order valence-corrected chi connectivity index (χ4v) is 1.54. The fourth-order valence-electron chi connectivity index (χ4n) is 1.54. The van der Waals surface area contributed by atoms with E-state index in [0.29, 0.717) is 19.2 Å². The van der Waals surface area contributed by atoms with Crippen molar-refractivity contribution in [1.82, 2.24) is 5.32 Å². The van der Waals surface area contributed by atoms with Gasteiger partial charge in [0.1, 0.15) is 6.61 Å². The maximum atomic E-state index is 11.2. The Kier molecular flexibility index (Phi) is 4.18. The highest BCUT2D eigenvalue weighted by Gasteiger charge is 2.26. The summed E-state index contributed by atoms with van der Waals surface area (Å²) in [7, 11) is 0. The Bertz CT molecular complexity index is 167. The highest BCUT2D eigenvalue weighted by Crippen LogP contribution is 2.25. The number of amides is 1. The van der Waals surface area contributed by atoms with E-state index in [1.54, 1.807) is 0 Å². The number of nitrogens with one attached hydrogen (secondary N) is 1. The predicted molar refractivity (Wildman–Crippen MR) is 50.2 cm³/mol. The number of carbonyl (C=O) groups is 1. The van der Waals surface area contributed by atoms with Gasteiger partial charge in [0, 0.05) is 12.6 Å². The van der Waals surface area contributed by atoms with Crippen molar-refractivity contribution in [2.45, 2.75) is 25.8 Å². The Morgan fingerprint density at radius 1 is 1.62 bits per heavy atom. The molecule has 1 aliphatic rings. The van der Waals surface area contributed by atoms with E-state index in [4.69, 9.17) is 10.5 Å². The highest BCUT2D eigenvalue weighted by atomic mass is 16.5. The van der Waals surface area contributed by atoms with E-state index in [1.165, 1.54) is 0 Å². The molecule has 13 heavy (non-hydrogen) atoms. The first-order chi connectivity index (χ1) is 6.22. The van der Waals surface area contributed by atoms with Crippen molar-refractivity contribution in [1.29, 1.82) is 0 Å². The monoisotopic (exact) mass is 186 g/mol. The highest BCUT2D eigenvalue weighted by molar-refractivity contribution is 5.77. The maximum Gasteiger partial charge on any atom is 0.246 e. The first-order valence-corrected chi connectivity index (χ1v) is 4.79. The summed E-state index contributed by atoms with van der Waals surface area (Å²) in [6, 6.07) is 0.379. The van der Waals surface area contributed by atoms with Crippen molar-refractivity contribution in [3.8, 4) is 0 Å². The summed E-state index contributed by atoms with van der Waals surface area (Å²) < 4.78 is 5.00. The van der Waals surface area contributed by atoms with E-state index < -0.39 is 0 Å². The fraction of sp³-hybridized carbons (Fsp3) is 0.889. The lowest BCUT2D eigenvalue weighted by atomic mass is 9.82. The van der Waals surface area contributed by atoms with Crippen LogP contribution in [0.2, 0.25) is 0 Å². The molecular formula is C9H18N2O2. The molecule has 0 aromatic heterocycles. The van der Waals surface area contributed by atoms with Crippen LogP contribution in [-0.2, 0) is 9.53 Å². The molecule has 4 heteroatoms. The summed E-state index contributed by atoms with van der Waals surface area (Å²) in [5, 5.41) is 2.90. The molecule has 0 radical (unpaired) electrons. The van der Waals surface area contributed by atoms with Gasteiger partial charge in [0.15, 0.2) is 0 Å². The Morgan fingerprint density at radius 3 is 2.85 bits per heavy atom. The number of rotatable bonds is 5. The largest absolute Gasteiger partial charge is 0.370 e.